The molecule has 2 amide bonds. The van der Waals surface area contributed by atoms with Crippen LogP contribution in [0.1, 0.15) is 32.9 Å². The molecule has 1 aromatic heterocycles. The largest absolute Gasteiger partial charge is 0.497 e. The third-order valence-electron chi connectivity index (χ3n) is 8.02. The summed E-state index contributed by atoms with van der Waals surface area (Å²) in [5.74, 6) is 0.528. The van der Waals surface area contributed by atoms with Crippen LogP contribution in [0, 0.1) is 6.92 Å². The summed E-state index contributed by atoms with van der Waals surface area (Å²) in [6, 6.07) is 13.7. The Morgan fingerprint density at radius 2 is 1.80 bits per heavy atom. The lowest BCUT2D eigenvalue weighted by Crippen LogP contribution is -2.47. The van der Waals surface area contributed by atoms with Gasteiger partial charge in [0.1, 0.15) is 5.75 Å². The number of benzene rings is 2. The maximum absolute atomic E-state index is 13.5. The number of nitrogens with one attached hydrogen (secondary N) is 2. The van der Waals surface area contributed by atoms with Crippen molar-refractivity contribution in [3.05, 3.63) is 70.5 Å². The molecule has 40 heavy (non-hydrogen) atoms. The molecule has 9 nitrogen and oxygen atoms in total. The number of anilines is 1. The number of nitrogens with zero attached hydrogens (tertiary/aromatic N) is 2. The zero-order valence-electron chi connectivity index (χ0n) is 22.8. The molecule has 4 heterocycles. The maximum atomic E-state index is 13.5. The SMILES string of the molecule is COc1ccc(-c2ccc3c(c2)/C(=C/c2[nH]c4c(c2C)C(=O)N(CC(O)CN2CCOCC2)CC4)C(=O)N3)cc1. The van der Waals surface area contributed by atoms with E-state index in [4.69, 9.17) is 9.47 Å². The van der Waals surface area contributed by atoms with E-state index in [9.17, 15) is 14.7 Å². The molecule has 6 rings (SSSR count). The number of ether oxygens (including phenoxy) is 2. The Labute approximate surface area is 233 Å². The molecule has 3 aliphatic rings. The smallest absolute Gasteiger partial charge is 0.256 e. The average Bonchev–Trinajstić information content (AvgIpc) is 3.46. The molecule has 3 aliphatic heterocycles. The molecule has 208 valence electrons. The molecule has 0 spiro atoms. The van der Waals surface area contributed by atoms with Crippen LogP contribution in [-0.2, 0) is 16.0 Å². The summed E-state index contributed by atoms with van der Waals surface area (Å²) in [6.07, 6.45) is 1.89. The predicted octanol–water partition coefficient (Wildman–Crippen LogP) is 3.18. The van der Waals surface area contributed by atoms with E-state index in [-0.39, 0.29) is 11.8 Å². The number of aliphatic hydroxyl groups is 1. The van der Waals surface area contributed by atoms with Crippen LogP contribution < -0.4 is 10.1 Å². The molecule has 1 atom stereocenters. The van der Waals surface area contributed by atoms with Gasteiger partial charge in [0, 0.05) is 61.8 Å². The van der Waals surface area contributed by atoms with Crippen LogP contribution in [0.15, 0.2) is 42.5 Å². The van der Waals surface area contributed by atoms with Gasteiger partial charge in [0.25, 0.3) is 11.8 Å². The number of amides is 2. The number of carbonyl (C=O) groups excluding carboxylic acids is 2. The monoisotopic (exact) mass is 542 g/mol. The third-order valence-corrected chi connectivity index (χ3v) is 8.02. The number of methoxy groups -OCH3 is 1. The van der Waals surface area contributed by atoms with Crippen molar-refractivity contribution in [3.8, 4) is 16.9 Å². The number of β-amino-alcohol motifs (C(OH)–C–C–N with tert-alkyl or cyclic N) is 1. The summed E-state index contributed by atoms with van der Waals surface area (Å²) in [4.78, 5) is 33.8. The Morgan fingerprint density at radius 1 is 1.05 bits per heavy atom. The summed E-state index contributed by atoms with van der Waals surface area (Å²) in [5.41, 5.74) is 7.24. The summed E-state index contributed by atoms with van der Waals surface area (Å²) < 4.78 is 10.7. The van der Waals surface area contributed by atoms with E-state index in [1.54, 1.807) is 12.0 Å². The quantitative estimate of drug-likeness (QED) is 0.396. The number of H-pyrrole nitrogens is 1. The standard InChI is InChI=1S/C31H34N4O5/c1-19-28(32-27-9-10-35(31(38)29(19)27)18-22(36)17-34-11-13-40-14-12-34)16-25-24-15-21(5-8-26(24)33-30(25)37)20-3-6-23(39-2)7-4-20/h3-8,15-16,22,32,36H,9-14,17-18H2,1-2H3,(H,33,37)/b25-16-. The Bertz CT molecular complexity index is 1470. The van der Waals surface area contributed by atoms with E-state index in [0.717, 1.165) is 58.2 Å². The highest BCUT2D eigenvalue weighted by molar-refractivity contribution is 6.35. The van der Waals surface area contributed by atoms with Gasteiger partial charge >= 0.3 is 0 Å². The van der Waals surface area contributed by atoms with Gasteiger partial charge in [-0.2, -0.15) is 0 Å². The average molecular weight is 543 g/mol. The zero-order chi connectivity index (χ0) is 27.8. The van der Waals surface area contributed by atoms with Gasteiger partial charge in [-0.1, -0.05) is 18.2 Å². The molecule has 0 aliphatic carbocycles. The minimum absolute atomic E-state index is 0.0845. The fourth-order valence-corrected chi connectivity index (χ4v) is 5.81. The van der Waals surface area contributed by atoms with Crippen LogP contribution in [0.25, 0.3) is 22.8 Å². The van der Waals surface area contributed by atoms with Gasteiger partial charge in [0.15, 0.2) is 0 Å². The van der Waals surface area contributed by atoms with E-state index in [1.165, 1.54) is 0 Å². The van der Waals surface area contributed by atoms with Crippen molar-refractivity contribution in [1.82, 2.24) is 14.8 Å². The van der Waals surface area contributed by atoms with Gasteiger partial charge in [-0.25, -0.2) is 0 Å². The highest BCUT2D eigenvalue weighted by Gasteiger charge is 2.32. The first-order valence-electron chi connectivity index (χ1n) is 13.7. The van der Waals surface area contributed by atoms with E-state index < -0.39 is 6.10 Å². The van der Waals surface area contributed by atoms with Gasteiger partial charge in [0.2, 0.25) is 0 Å². The number of morpholine rings is 1. The topological polar surface area (TPSA) is 107 Å². The first-order valence-corrected chi connectivity index (χ1v) is 13.7. The van der Waals surface area contributed by atoms with Gasteiger partial charge in [0.05, 0.1) is 37.6 Å². The second-order valence-corrected chi connectivity index (χ2v) is 10.6. The Hall–Kier alpha value is -3.92. The number of carbonyl (C=O) groups is 2. The number of hydrogen-bond donors (Lipinski definition) is 3. The van der Waals surface area contributed by atoms with Crippen LogP contribution in [0.2, 0.25) is 0 Å². The van der Waals surface area contributed by atoms with Gasteiger partial charge in [-0.3, -0.25) is 14.5 Å². The summed E-state index contributed by atoms with van der Waals surface area (Å²) >= 11 is 0. The minimum atomic E-state index is -0.622. The lowest BCUT2D eigenvalue weighted by Gasteiger charge is -2.32. The van der Waals surface area contributed by atoms with Crippen LogP contribution in [0.3, 0.4) is 0 Å². The van der Waals surface area contributed by atoms with E-state index in [0.29, 0.717) is 50.4 Å². The molecule has 1 fully saturated rings. The maximum Gasteiger partial charge on any atom is 0.256 e. The molecule has 0 radical (unpaired) electrons. The number of fused-ring (bicyclic) bond motifs is 2. The molecular weight excluding hydrogens is 508 g/mol. The Kier molecular flexibility index (Phi) is 7.18. The van der Waals surface area contributed by atoms with Crippen LogP contribution in [-0.4, -0.2) is 90.9 Å². The fraction of sp³-hybridized carbons (Fsp3) is 0.355. The molecule has 9 heteroatoms. The predicted molar refractivity (Wildman–Crippen MR) is 153 cm³/mol. The third kappa shape index (κ3) is 5.03. The number of aromatic amines is 1. The van der Waals surface area contributed by atoms with Crippen LogP contribution in [0.4, 0.5) is 5.69 Å². The van der Waals surface area contributed by atoms with Crippen molar-refractivity contribution < 1.29 is 24.2 Å². The van der Waals surface area contributed by atoms with Crippen molar-refractivity contribution in [2.75, 3.05) is 58.4 Å². The van der Waals surface area contributed by atoms with Crippen molar-refractivity contribution >= 4 is 29.2 Å². The molecule has 1 saturated heterocycles. The molecule has 0 bridgehead atoms. The number of rotatable bonds is 7. The van der Waals surface area contributed by atoms with E-state index >= 15 is 0 Å². The minimum Gasteiger partial charge on any atom is -0.497 e. The highest BCUT2D eigenvalue weighted by Crippen LogP contribution is 2.37. The molecular formula is C31H34N4O5. The van der Waals surface area contributed by atoms with Crippen LogP contribution in [0.5, 0.6) is 5.75 Å². The number of hydrogen-bond acceptors (Lipinski definition) is 6. The van der Waals surface area contributed by atoms with E-state index in [1.807, 2.05) is 55.5 Å². The number of aliphatic hydroxyl groups excluding tert-OH is 1. The Balaban J connectivity index is 1.23. The first-order chi connectivity index (χ1) is 19.4. The summed E-state index contributed by atoms with van der Waals surface area (Å²) in [6.45, 7) is 6.20. The van der Waals surface area contributed by atoms with Gasteiger partial charge in [-0.15, -0.1) is 0 Å². The lowest BCUT2D eigenvalue weighted by atomic mass is 9.98. The summed E-state index contributed by atoms with van der Waals surface area (Å²) in [7, 11) is 1.64. The van der Waals surface area contributed by atoms with Gasteiger partial charge in [-0.05, 0) is 54.0 Å². The van der Waals surface area contributed by atoms with Crippen molar-refractivity contribution in [2.24, 2.45) is 0 Å². The molecule has 1 unspecified atom stereocenters. The normalized spacial score (nSPS) is 19.0. The van der Waals surface area contributed by atoms with Crippen LogP contribution >= 0.6 is 0 Å². The van der Waals surface area contributed by atoms with Gasteiger partial charge < -0.3 is 29.8 Å². The van der Waals surface area contributed by atoms with Crippen molar-refractivity contribution in [2.45, 2.75) is 19.4 Å². The zero-order valence-corrected chi connectivity index (χ0v) is 22.8. The second kappa shape index (κ2) is 10.9. The van der Waals surface area contributed by atoms with Crippen molar-refractivity contribution in [1.29, 1.82) is 0 Å². The molecule has 3 N–H and O–H groups in total. The number of aromatic nitrogens is 1. The molecule has 2 aromatic carbocycles. The lowest BCUT2D eigenvalue weighted by molar-refractivity contribution is -0.110. The molecule has 3 aromatic rings. The Morgan fingerprint density at radius 3 is 2.55 bits per heavy atom. The fourth-order valence-electron chi connectivity index (χ4n) is 5.81. The summed E-state index contributed by atoms with van der Waals surface area (Å²) in [5, 5.41) is 13.7. The highest BCUT2D eigenvalue weighted by atomic mass is 16.5. The van der Waals surface area contributed by atoms with Crippen molar-refractivity contribution in [3.63, 3.8) is 0 Å². The second-order valence-electron chi connectivity index (χ2n) is 10.6. The molecule has 0 saturated carbocycles. The first kappa shape index (κ1) is 26.3. The van der Waals surface area contributed by atoms with E-state index in [2.05, 4.69) is 15.2 Å².